The van der Waals surface area contributed by atoms with Crippen LogP contribution in [0.15, 0.2) is 0 Å². The van der Waals surface area contributed by atoms with E-state index in [1.54, 1.807) is 0 Å². The van der Waals surface area contributed by atoms with E-state index in [2.05, 4.69) is 19.2 Å². The normalized spacial score (nSPS) is 21.2. The Balaban J connectivity index is 2.46. The second-order valence-electron chi connectivity index (χ2n) is 4.30. The van der Waals surface area contributed by atoms with E-state index in [9.17, 15) is 5.11 Å². The van der Waals surface area contributed by atoms with Crippen LogP contribution < -0.4 is 5.32 Å². The lowest BCUT2D eigenvalue weighted by Crippen LogP contribution is -2.50. The highest BCUT2D eigenvalue weighted by Gasteiger charge is 2.33. The minimum absolute atomic E-state index is 0.0662. The highest BCUT2D eigenvalue weighted by molar-refractivity contribution is 4.93. The summed E-state index contributed by atoms with van der Waals surface area (Å²) in [5.41, 5.74) is 0.0662. The molecule has 2 N–H and O–H groups in total. The second-order valence-corrected chi connectivity index (χ2v) is 4.30. The van der Waals surface area contributed by atoms with Gasteiger partial charge >= 0.3 is 0 Å². The maximum absolute atomic E-state index is 9.39. The number of rotatable bonds is 5. The molecule has 1 saturated carbocycles. The zero-order chi connectivity index (χ0) is 9.73. The topological polar surface area (TPSA) is 32.3 Å². The molecule has 1 aliphatic carbocycles. The lowest BCUT2D eigenvalue weighted by Gasteiger charge is -2.32. The third kappa shape index (κ3) is 2.68. The minimum atomic E-state index is 0.0662. The summed E-state index contributed by atoms with van der Waals surface area (Å²) in [6.07, 6.45) is 7.18. The van der Waals surface area contributed by atoms with Crippen LogP contribution in [0.5, 0.6) is 0 Å². The molecule has 0 atom stereocenters. The number of aliphatic hydroxyl groups is 1. The van der Waals surface area contributed by atoms with Crippen LogP contribution in [0.1, 0.15) is 52.4 Å². The van der Waals surface area contributed by atoms with E-state index >= 15 is 0 Å². The van der Waals surface area contributed by atoms with Gasteiger partial charge in [0.1, 0.15) is 0 Å². The van der Waals surface area contributed by atoms with Crippen molar-refractivity contribution in [3.8, 4) is 0 Å². The molecule has 0 unspecified atom stereocenters. The Morgan fingerprint density at radius 3 is 2.15 bits per heavy atom. The van der Waals surface area contributed by atoms with Crippen molar-refractivity contribution in [2.45, 2.75) is 64.0 Å². The van der Waals surface area contributed by atoms with Gasteiger partial charge in [-0.05, 0) is 25.7 Å². The first kappa shape index (κ1) is 11.0. The van der Waals surface area contributed by atoms with Gasteiger partial charge in [0.05, 0.1) is 6.61 Å². The summed E-state index contributed by atoms with van der Waals surface area (Å²) in [5.74, 6) is 0. The highest BCUT2D eigenvalue weighted by atomic mass is 16.3. The van der Waals surface area contributed by atoms with Crippen molar-refractivity contribution in [3.63, 3.8) is 0 Å². The Hall–Kier alpha value is -0.0800. The lowest BCUT2D eigenvalue weighted by molar-refractivity contribution is 0.148. The molecule has 13 heavy (non-hydrogen) atoms. The van der Waals surface area contributed by atoms with Gasteiger partial charge in [-0.15, -0.1) is 0 Å². The van der Waals surface area contributed by atoms with E-state index < -0.39 is 0 Å². The smallest absolute Gasteiger partial charge is 0.0613 e. The van der Waals surface area contributed by atoms with Gasteiger partial charge in [-0.3, -0.25) is 0 Å². The van der Waals surface area contributed by atoms with Crippen molar-refractivity contribution in [2.75, 3.05) is 6.61 Å². The van der Waals surface area contributed by atoms with Crippen molar-refractivity contribution < 1.29 is 5.11 Å². The molecule has 0 saturated heterocycles. The zero-order valence-corrected chi connectivity index (χ0v) is 8.97. The SMILES string of the molecule is CCC(CC)NC1(CO)CCCC1. The van der Waals surface area contributed by atoms with Crippen LogP contribution in [0.2, 0.25) is 0 Å². The maximum Gasteiger partial charge on any atom is 0.0613 e. The van der Waals surface area contributed by atoms with Gasteiger partial charge in [0.2, 0.25) is 0 Å². The monoisotopic (exact) mass is 185 g/mol. The second kappa shape index (κ2) is 4.97. The van der Waals surface area contributed by atoms with E-state index in [1.807, 2.05) is 0 Å². The molecule has 2 nitrogen and oxygen atoms in total. The van der Waals surface area contributed by atoms with Crippen molar-refractivity contribution in [1.29, 1.82) is 0 Å². The minimum Gasteiger partial charge on any atom is -0.394 e. The molecular weight excluding hydrogens is 162 g/mol. The first-order valence-corrected chi connectivity index (χ1v) is 5.65. The third-order valence-corrected chi connectivity index (χ3v) is 3.36. The molecule has 0 aromatic heterocycles. The molecule has 0 heterocycles. The van der Waals surface area contributed by atoms with Gasteiger partial charge in [0, 0.05) is 11.6 Å². The van der Waals surface area contributed by atoms with Crippen LogP contribution in [-0.2, 0) is 0 Å². The molecule has 78 valence electrons. The fraction of sp³-hybridized carbons (Fsp3) is 1.00. The highest BCUT2D eigenvalue weighted by Crippen LogP contribution is 2.30. The van der Waals surface area contributed by atoms with Crippen LogP contribution >= 0.6 is 0 Å². The summed E-state index contributed by atoms with van der Waals surface area (Å²) >= 11 is 0. The van der Waals surface area contributed by atoms with Gasteiger partial charge in [-0.1, -0.05) is 26.7 Å². The van der Waals surface area contributed by atoms with Crippen molar-refractivity contribution in [2.24, 2.45) is 0 Å². The predicted molar refractivity (Wildman–Crippen MR) is 55.8 cm³/mol. The summed E-state index contributed by atoms with van der Waals surface area (Å²) in [7, 11) is 0. The predicted octanol–water partition coefficient (Wildman–Crippen LogP) is 2.07. The molecule has 1 rings (SSSR count). The number of hydrogen-bond acceptors (Lipinski definition) is 2. The summed E-state index contributed by atoms with van der Waals surface area (Å²) in [6.45, 7) is 4.73. The average Bonchev–Trinajstić information content (AvgIpc) is 2.63. The first-order valence-electron chi connectivity index (χ1n) is 5.65. The standard InChI is InChI=1S/C11H23NO/c1-3-10(4-2)12-11(9-13)7-5-6-8-11/h10,12-13H,3-9H2,1-2H3. The van der Waals surface area contributed by atoms with Gasteiger partial charge in [-0.2, -0.15) is 0 Å². The molecule has 2 heteroatoms. The Kier molecular flexibility index (Phi) is 4.20. The molecule has 0 aromatic rings. The quantitative estimate of drug-likeness (QED) is 0.687. The summed E-state index contributed by atoms with van der Waals surface area (Å²) in [5, 5.41) is 13.0. The number of aliphatic hydroxyl groups excluding tert-OH is 1. The molecule has 0 amide bonds. The Morgan fingerprint density at radius 1 is 1.23 bits per heavy atom. The third-order valence-electron chi connectivity index (χ3n) is 3.36. The molecule has 1 fully saturated rings. The van der Waals surface area contributed by atoms with E-state index in [0.717, 1.165) is 25.7 Å². The largest absolute Gasteiger partial charge is 0.394 e. The van der Waals surface area contributed by atoms with Crippen molar-refractivity contribution in [1.82, 2.24) is 5.32 Å². The van der Waals surface area contributed by atoms with Gasteiger partial charge in [0.25, 0.3) is 0 Å². The van der Waals surface area contributed by atoms with E-state index in [-0.39, 0.29) is 5.54 Å². The van der Waals surface area contributed by atoms with E-state index in [4.69, 9.17) is 0 Å². The molecule has 0 spiro atoms. The summed E-state index contributed by atoms with van der Waals surface area (Å²) < 4.78 is 0. The molecule has 0 radical (unpaired) electrons. The lowest BCUT2D eigenvalue weighted by atomic mass is 9.96. The van der Waals surface area contributed by atoms with Crippen LogP contribution in [0.3, 0.4) is 0 Å². The summed E-state index contributed by atoms with van der Waals surface area (Å²) in [4.78, 5) is 0. The van der Waals surface area contributed by atoms with Crippen LogP contribution in [0.25, 0.3) is 0 Å². The maximum atomic E-state index is 9.39. The van der Waals surface area contributed by atoms with Crippen molar-refractivity contribution >= 4 is 0 Å². The average molecular weight is 185 g/mol. The van der Waals surface area contributed by atoms with Gasteiger partial charge in [0.15, 0.2) is 0 Å². The van der Waals surface area contributed by atoms with Gasteiger partial charge < -0.3 is 10.4 Å². The van der Waals surface area contributed by atoms with E-state index in [1.165, 1.54) is 12.8 Å². The van der Waals surface area contributed by atoms with Crippen LogP contribution in [0.4, 0.5) is 0 Å². The first-order chi connectivity index (χ1) is 6.26. The fourth-order valence-corrected chi connectivity index (χ4v) is 2.33. The Labute approximate surface area is 81.7 Å². The molecule has 1 aliphatic rings. The number of hydrogen-bond donors (Lipinski definition) is 2. The van der Waals surface area contributed by atoms with Crippen molar-refractivity contribution in [3.05, 3.63) is 0 Å². The zero-order valence-electron chi connectivity index (χ0n) is 8.97. The van der Waals surface area contributed by atoms with E-state index in [0.29, 0.717) is 12.6 Å². The van der Waals surface area contributed by atoms with Crippen LogP contribution in [0, 0.1) is 0 Å². The fourth-order valence-electron chi connectivity index (χ4n) is 2.33. The molecule has 0 aromatic carbocycles. The Morgan fingerprint density at radius 2 is 1.77 bits per heavy atom. The molecular formula is C11H23NO. The van der Waals surface area contributed by atoms with Gasteiger partial charge in [-0.25, -0.2) is 0 Å². The molecule has 0 aliphatic heterocycles. The van der Waals surface area contributed by atoms with Crippen LogP contribution in [-0.4, -0.2) is 23.3 Å². The number of nitrogens with one attached hydrogen (secondary N) is 1. The summed E-state index contributed by atoms with van der Waals surface area (Å²) in [6, 6.07) is 0.588. The Bertz CT molecular complexity index is 137. The molecule has 0 bridgehead atoms.